The van der Waals surface area contributed by atoms with Gasteiger partial charge in [-0.15, -0.1) is 5.10 Å². The van der Waals surface area contributed by atoms with Crippen molar-refractivity contribution in [2.24, 2.45) is 0 Å². The maximum Gasteiger partial charge on any atom is 0.453 e. The summed E-state index contributed by atoms with van der Waals surface area (Å²) in [5.41, 5.74) is 1.50. The van der Waals surface area contributed by atoms with Gasteiger partial charge >= 0.3 is 6.18 Å². The van der Waals surface area contributed by atoms with Gasteiger partial charge in [-0.05, 0) is 53.2 Å². The van der Waals surface area contributed by atoms with Crippen LogP contribution < -0.4 is 10.6 Å². The first kappa shape index (κ1) is 24.9. The number of rotatable bonds is 6. The van der Waals surface area contributed by atoms with Crippen molar-refractivity contribution >= 4 is 29.1 Å². The third-order valence-electron chi connectivity index (χ3n) is 5.10. The van der Waals surface area contributed by atoms with E-state index in [1.54, 1.807) is 43.3 Å². The summed E-state index contributed by atoms with van der Waals surface area (Å²) in [6.07, 6.45) is -4.77. The second kappa shape index (κ2) is 9.77. The Bertz CT molecular complexity index is 1430. The number of aryl methyl sites for hydroxylation is 1. The van der Waals surface area contributed by atoms with Crippen LogP contribution in [0.3, 0.4) is 0 Å². The van der Waals surface area contributed by atoms with Crippen LogP contribution in [0.1, 0.15) is 37.9 Å². The summed E-state index contributed by atoms with van der Waals surface area (Å²) in [5, 5.41) is 19.3. The zero-order valence-electron chi connectivity index (χ0n) is 18.8. The van der Waals surface area contributed by atoms with Crippen molar-refractivity contribution in [2.75, 3.05) is 12.4 Å². The van der Waals surface area contributed by atoms with Crippen LogP contribution in [0, 0.1) is 6.92 Å². The van der Waals surface area contributed by atoms with E-state index in [9.17, 15) is 22.8 Å². The molecule has 36 heavy (non-hydrogen) atoms. The fourth-order valence-corrected chi connectivity index (χ4v) is 3.78. The Kier molecular flexibility index (Phi) is 6.75. The zero-order valence-corrected chi connectivity index (χ0v) is 19.6. The summed E-state index contributed by atoms with van der Waals surface area (Å²) in [4.78, 5) is 25.8. The number of tetrazole rings is 1. The number of carbonyl (C=O) groups is 2. The lowest BCUT2D eigenvalue weighted by Gasteiger charge is -2.14. The van der Waals surface area contributed by atoms with Crippen LogP contribution in [0.5, 0.6) is 0 Å². The minimum absolute atomic E-state index is 0.00930. The van der Waals surface area contributed by atoms with Gasteiger partial charge in [-0.1, -0.05) is 29.8 Å². The molecule has 0 aliphatic rings. The molecule has 0 aliphatic carbocycles. The highest BCUT2D eigenvalue weighted by molar-refractivity contribution is 6.31. The molecule has 0 atom stereocenters. The van der Waals surface area contributed by atoms with Crippen molar-refractivity contribution in [3.63, 3.8) is 0 Å². The lowest BCUT2D eigenvalue weighted by atomic mass is 10.1. The molecule has 0 saturated carbocycles. The molecule has 2 aromatic heterocycles. The number of nitrogens with zero attached hydrogens (tertiary/aromatic N) is 6. The molecule has 0 aliphatic heterocycles. The lowest BCUT2D eigenvalue weighted by molar-refractivity contribution is -0.147. The van der Waals surface area contributed by atoms with E-state index in [1.165, 1.54) is 23.9 Å². The maximum absolute atomic E-state index is 13.4. The number of halogens is 4. The van der Waals surface area contributed by atoms with Gasteiger partial charge in [-0.2, -0.15) is 18.3 Å². The number of nitrogens with one attached hydrogen (secondary N) is 2. The van der Waals surface area contributed by atoms with Crippen molar-refractivity contribution in [1.29, 1.82) is 0 Å². The van der Waals surface area contributed by atoms with E-state index >= 15 is 0 Å². The largest absolute Gasteiger partial charge is 0.453 e. The van der Waals surface area contributed by atoms with Gasteiger partial charge in [-0.25, -0.2) is 9.36 Å². The molecular formula is C22H18ClF3N8O2. The molecule has 2 aromatic carbocycles. The minimum atomic E-state index is -4.77. The highest BCUT2D eigenvalue weighted by Gasteiger charge is 2.38. The summed E-state index contributed by atoms with van der Waals surface area (Å²) >= 11 is 6.09. The maximum atomic E-state index is 13.4. The second-order valence-electron chi connectivity index (χ2n) is 7.60. The highest BCUT2D eigenvalue weighted by atomic mass is 35.5. The van der Waals surface area contributed by atoms with Crippen molar-refractivity contribution in [2.45, 2.75) is 19.6 Å². The number of aromatic nitrogens is 6. The van der Waals surface area contributed by atoms with Crippen molar-refractivity contribution in [1.82, 2.24) is 35.3 Å². The van der Waals surface area contributed by atoms with Crippen LogP contribution in [-0.2, 0) is 12.7 Å². The molecular weight excluding hydrogens is 501 g/mol. The first-order valence-electron chi connectivity index (χ1n) is 10.4. The molecule has 0 fully saturated rings. The quantitative estimate of drug-likeness (QED) is 0.403. The van der Waals surface area contributed by atoms with Crippen LogP contribution in [0.25, 0.3) is 5.69 Å². The number of para-hydroxylation sites is 1. The Hall–Kier alpha value is -4.26. The number of benzene rings is 2. The fraction of sp³-hybridized carbons (Fsp3) is 0.182. The topological polar surface area (TPSA) is 120 Å². The lowest BCUT2D eigenvalue weighted by Crippen LogP contribution is -2.23. The predicted molar refractivity (Wildman–Crippen MR) is 123 cm³/mol. The summed E-state index contributed by atoms with van der Waals surface area (Å²) in [6, 6.07) is 12.9. The molecule has 4 rings (SSSR count). The van der Waals surface area contributed by atoms with Gasteiger partial charge in [0.2, 0.25) is 0 Å². The minimum Gasteiger partial charge on any atom is -0.355 e. The Morgan fingerprint density at radius 1 is 1.08 bits per heavy atom. The number of carbonyl (C=O) groups excluding carboxylic acids is 2. The van der Waals surface area contributed by atoms with Crippen molar-refractivity contribution in [3.8, 4) is 5.69 Å². The average Bonchev–Trinajstić information content (AvgIpc) is 3.48. The summed E-state index contributed by atoms with van der Waals surface area (Å²) in [6.45, 7) is 1.23. The third kappa shape index (κ3) is 5.05. The third-order valence-corrected chi connectivity index (χ3v) is 5.32. The Morgan fingerprint density at radius 2 is 1.81 bits per heavy atom. The van der Waals surface area contributed by atoms with Crippen LogP contribution in [0.15, 0.2) is 48.5 Å². The van der Waals surface area contributed by atoms with Crippen molar-refractivity contribution in [3.05, 3.63) is 81.9 Å². The first-order valence-corrected chi connectivity index (χ1v) is 10.8. The molecule has 0 saturated heterocycles. The summed E-state index contributed by atoms with van der Waals surface area (Å²) < 4.78 is 41.5. The van der Waals surface area contributed by atoms with Gasteiger partial charge in [0.25, 0.3) is 17.6 Å². The van der Waals surface area contributed by atoms with E-state index in [0.29, 0.717) is 21.0 Å². The monoisotopic (exact) mass is 518 g/mol. The van der Waals surface area contributed by atoms with E-state index in [1.807, 2.05) is 0 Å². The fourth-order valence-electron chi connectivity index (χ4n) is 3.50. The number of amides is 2. The van der Waals surface area contributed by atoms with Crippen LogP contribution >= 0.6 is 11.6 Å². The molecule has 0 spiro atoms. The Morgan fingerprint density at radius 3 is 2.47 bits per heavy atom. The molecule has 0 radical (unpaired) electrons. The van der Waals surface area contributed by atoms with Gasteiger partial charge in [-0.3, -0.25) is 9.59 Å². The van der Waals surface area contributed by atoms with Gasteiger partial charge in [0, 0.05) is 12.1 Å². The predicted octanol–water partition coefficient (Wildman–Crippen LogP) is 3.50. The average molecular weight is 519 g/mol. The SMILES string of the molecule is CNC(=O)c1cc(Cl)cc(C)c1NC(=O)c1cc(Cn2nnnc2C(F)(F)F)nn1-c1ccccc1. The molecule has 4 aromatic rings. The van der Waals surface area contributed by atoms with Gasteiger partial charge in [0.05, 0.1) is 29.2 Å². The molecule has 0 bridgehead atoms. The molecule has 10 nitrogen and oxygen atoms in total. The molecule has 0 unspecified atom stereocenters. The van der Waals surface area contributed by atoms with E-state index in [4.69, 9.17) is 11.6 Å². The van der Waals surface area contributed by atoms with Gasteiger partial charge in [0.1, 0.15) is 5.69 Å². The smallest absolute Gasteiger partial charge is 0.355 e. The number of hydrogen-bond donors (Lipinski definition) is 2. The second-order valence-corrected chi connectivity index (χ2v) is 8.04. The van der Waals surface area contributed by atoms with Crippen molar-refractivity contribution < 1.29 is 22.8 Å². The van der Waals surface area contributed by atoms with Crippen LogP contribution in [0.4, 0.5) is 18.9 Å². The molecule has 186 valence electrons. The van der Waals surface area contributed by atoms with Crippen LogP contribution in [-0.4, -0.2) is 48.8 Å². The normalized spacial score (nSPS) is 11.4. The van der Waals surface area contributed by atoms with E-state index in [-0.39, 0.29) is 22.6 Å². The van der Waals surface area contributed by atoms with Gasteiger partial charge < -0.3 is 10.6 Å². The highest BCUT2D eigenvalue weighted by Crippen LogP contribution is 2.28. The standard InChI is InChI=1S/C22H18ClF3N8O2/c1-12-8-13(23)9-16(19(35)27-2)18(12)28-20(36)17-10-14(30-34(17)15-6-4-3-5-7-15)11-33-21(22(24,25)26)29-31-32-33/h3-10H,11H2,1-2H3,(H,27,35)(H,28,36). The molecule has 14 heteroatoms. The van der Waals surface area contributed by atoms with Gasteiger partial charge in [0.15, 0.2) is 0 Å². The Labute approximate surface area is 207 Å². The first-order chi connectivity index (χ1) is 17.1. The van der Waals surface area contributed by atoms with Crippen LogP contribution in [0.2, 0.25) is 5.02 Å². The number of alkyl halides is 3. The number of anilines is 1. The zero-order chi connectivity index (χ0) is 26.0. The van der Waals surface area contributed by atoms with E-state index in [2.05, 4.69) is 31.3 Å². The molecule has 2 heterocycles. The number of hydrogen-bond acceptors (Lipinski definition) is 6. The summed E-state index contributed by atoms with van der Waals surface area (Å²) in [7, 11) is 1.44. The summed E-state index contributed by atoms with van der Waals surface area (Å²) in [5.74, 6) is -2.41. The molecule has 2 amide bonds. The Balaban J connectivity index is 1.75. The molecule has 2 N–H and O–H groups in total. The van der Waals surface area contributed by atoms with E-state index in [0.717, 1.165) is 0 Å². The van der Waals surface area contributed by atoms with E-state index < -0.39 is 30.4 Å².